The van der Waals surface area contributed by atoms with E-state index in [1.54, 1.807) is 11.8 Å². The van der Waals surface area contributed by atoms with Crippen LogP contribution < -0.4 is 5.43 Å². The van der Waals surface area contributed by atoms with Crippen LogP contribution in [0.15, 0.2) is 5.16 Å². The minimum atomic E-state index is 0.504. The first-order valence-electron chi connectivity index (χ1n) is 4.65. The molecule has 1 N–H and O–H groups in total. The molecule has 0 fully saturated rings. The zero-order valence-electron chi connectivity index (χ0n) is 7.95. The van der Waals surface area contributed by atoms with E-state index >= 15 is 0 Å². The van der Waals surface area contributed by atoms with Crippen LogP contribution in [0.3, 0.4) is 0 Å². The van der Waals surface area contributed by atoms with Gasteiger partial charge in [0.25, 0.3) is 0 Å². The van der Waals surface area contributed by atoms with Crippen LogP contribution in [0.4, 0.5) is 0 Å². The number of hydrogen-bond acceptors (Lipinski definition) is 4. The van der Waals surface area contributed by atoms with Gasteiger partial charge in [0.1, 0.15) is 0 Å². The summed E-state index contributed by atoms with van der Waals surface area (Å²) in [5.74, 6) is 2.13. The van der Waals surface area contributed by atoms with Crippen LogP contribution in [-0.2, 0) is 6.42 Å². The van der Waals surface area contributed by atoms with Gasteiger partial charge in [-0.1, -0.05) is 18.7 Å². The predicted molar refractivity (Wildman–Crippen MR) is 53.6 cm³/mol. The van der Waals surface area contributed by atoms with Crippen LogP contribution in [0, 0.1) is 0 Å². The zero-order valence-corrected chi connectivity index (χ0v) is 8.77. The summed E-state index contributed by atoms with van der Waals surface area (Å²) in [6.45, 7) is 4.33. The van der Waals surface area contributed by atoms with Crippen LogP contribution in [0.25, 0.3) is 0 Å². The molecule has 0 spiro atoms. The van der Waals surface area contributed by atoms with Crippen LogP contribution >= 0.6 is 11.8 Å². The van der Waals surface area contributed by atoms with Gasteiger partial charge in [0.2, 0.25) is 5.16 Å². The molecular weight excluding hydrogens is 184 g/mol. The number of aromatic nitrogens is 3. The summed E-state index contributed by atoms with van der Waals surface area (Å²) in [5, 5.41) is 9.28. The van der Waals surface area contributed by atoms with E-state index in [0.29, 0.717) is 6.04 Å². The molecule has 2 rings (SSSR count). The quantitative estimate of drug-likeness (QED) is 0.777. The molecule has 1 atom stereocenters. The summed E-state index contributed by atoms with van der Waals surface area (Å²) in [6.07, 6.45) is 2.10. The third-order valence-electron chi connectivity index (χ3n) is 1.99. The molecule has 0 aromatic carbocycles. The van der Waals surface area contributed by atoms with Crippen LogP contribution in [0.5, 0.6) is 0 Å². The minimum absolute atomic E-state index is 0.504. The summed E-state index contributed by atoms with van der Waals surface area (Å²) >= 11 is 1.77. The maximum Gasteiger partial charge on any atom is 0.210 e. The largest absolute Gasteiger partial charge is 0.319 e. The molecule has 72 valence electrons. The first kappa shape index (κ1) is 8.87. The van der Waals surface area contributed by atoms with Crippen molar-refractivity contribution in [2.75, 3.05) is 11.2 Å². The molecule has 0 radical (unpaired) electrons. The molecule has 0 saturated carbocycles. The molecular formula is C8H14N4S. The van der Waals surface area contributed by atoms with Crippen LogP contribution in [-0.4, -0.2) is 26.7 Å². The van der Waals surface area contributed by atoms with E-state index < -0.39 is 0 Å². The Morgan fingerprint density at radius 3 is 3.23 bits per heavy atom. The maximum absolute atomic E-state index is 4.15. The Labute approximate surface area is 82.1 Å². The van der Waals surface area contributed by atoms with E-state index in [2.05, 4.69) is 29.5 Å². The lowest BCUT2D eigenvalue weighted by Crippen LogP contribution is -2.32. The van der Waals surface area contributed by atoms with E-state index in [1.165, 1.54) is 0 Å². The molecule has 5 heteroatoms. The molecule has 0 amide bonds. The summed E-state index contributed by atoms with van der Waals surface area (Å²) in [6, 6.07) is 0.504. The molecule has 1 aliphatic heterocycles. The molecule has 13 heavy (non-hydrogen) atoms. The van der Waals surface area contributed by atoms with Gasteiger partial charge in [-0.2, -0.15) is 0 Å². The van der Waals surface area contributed by atoms with Crippen molar-refractivity contribution in [2.45, 2.75) is 37.9 Å². The van der Waals surface area contributed by atoms with Crippen molar-refractivity contribution in [3.05, 3.63) is 5.82 Å². The van der Waals surface area contributed by atoms with Gasteiger partial charge in [-0.05, 0) is 13.3 Å². The average Bonchev–Trinajstić information content (AvgIpc) is 2.49. The third kappa shape index (κ3) is 1.65. The maximum atomic E-state index is 4.15. The van der Waals surface area contributed by atoms with Gasteiger partial charge in [-0.15, -0.1) is 10.2 Å². The Bertz CT molecular complexity index is 296. The SMILES string of the molecule is CCCc1nnc2n1NC(C)CS2. The number of fused-ring (bicyclic) bond motifs is 1. The molecule has 4 nitrogen and oxygen atoms in total. The first-order chi connectivity index (χ1) is 6.31. The lowest BCUT2D eigenvalue weighted by molar-refractivity contribution is 0.635. The fraction of sp³-hybridized carbons (Fsp3) is 0.750. The Balaban J connectivity index is 2.25. The molecule has 0 aliphatic carbocycles. The second-order valence-electron chi connectivity index (χ2n) is 3.33. The average molecular weight is 198 g/mol. The molecule has 2 heterocycles. The standard InChI is InChI=1S/C8H14N4S/c1-3-4-7-9-10-8-12(7)11-6(2)5-13-8/h6,11H,3-5H2,1-2H3. The third-order valence-corrected chi connectivity index (χ3v) is 3.17. The molecule has 0 saturated heterocycles. The minimum Gasteiger partial charge on any atom is -0.319 e. The first-order valence-corrected chi connectivity index (χ1v) is 5.63. The predicted octanol–water partition coefficient (Wildman–Crippen LogP) is 1.27. The summed E-state index contributed by atoms with van der Waals surface area (Å²) in [5.41, 5.74) is 3.36. The number of nitrogens with zero attached hydrogens (tertiary/aromatic N) is 3. The summed E-state index contributed by atoms with van der Waals surface area (Å²) in [4.78, 5) is 0. The Morgan fingerprint density at radius 2 is 2.46 bits per heavy atom. The Hall–Kier alpha value is -0.710. The Morgan fingerprint density at radius 1 is 1.62 bits per heavy atom. The summed E-state index contributed by atoms with van der Waals surface area (Å²) < 4.78 is 2.03. The van der Waals surface area contributed by atoms with Crippen molar-refractivity contribution in [1.82, 2.24) is 14.9 Å². The van der Waals surface area contributed by atoms with E-state index in [0.717, 1.165) is 29.6 Å². The normalized spacial score (nSPS) is 20.9. The highest BCUT2D eigenvalue weighted by Crippen LogP contribution is 2.21. The molecule has 1 aromatic rings. The monoisotopic (exact) mass is 198 g/mol. The smallest absolute Gasteiger partial charge is 0.210 e. The van der Waals surface area contributed by atoms with Gasteiger partial charge in [-0.3, -0.25) is 0 Å². The van der Waals surface area contributed by atoms with Gasteiger partial charge in [-0.25, -0.2) is 4.68 Å². The second kappa shape index (κ2) is 3.57. The number of hydrogen-bond donors (Lipinski definition) is 1. The molecule has 1 aliphatic rings. The van der Waals surface area contributed by atoms with Crippen LogP contribution in [0.1, 0.15) is 26.1 Å². The highest BCUT2D eigenvalue weighted by molar-refractivity contribution is 7.99. The number of rotatable bonds is 2. The molecule has 1 unspecified atom stereocenters. The summed E-state index contributed by atoms with van der Waals surface area (Å²) in [7, 11) is 0. The molecule has 1 aromatic heterocycles. The fourth-order valence-electron chi connectivity index (χ4n) is 1.37. The zero-order chi connectivity index (χ0) is 9.26. The number of thioether (sulfide) groups is 1. The van der Waals surface area contributed by atoms with E-state index in [9.17, 15) is 0 Å². The van der Waals surface area contributed by atoms with Crippen LogP contribution in [0.2, 0.25) is 0 Å². The lowest BCUT2D eigenvalue weighted by atomic mass is 10.3. The van der Waals surface area contributed by atoms with E-state index in [-0.39, 0.29) is 0 Å². The second-order valence-corrected chi connectivity index (χ2v) is 4.31. The topological polar surface area (TPSA) is 42.7 Å². The van der Waals surface area contributed by atoms with Gasteiger partial charge < -0.3 is 5.43 Å². The van der Waals surface area contributed by atoms with E-state index in [4.69, 9.17) is 0 Å². The van der Waals surface area contributed by atoms with Crippen molar-refractivity contribution in [3.63, 3.8) is 0 Å². The Kier molecular flexibility index (Phi) is 2.44. The van der Waals surface area contributed by atoms with E-state index in [1.807, 2.05) is 4.68 Å². The number of aryl methyl sites for hydroxylation is 1. The van der Waals surface area contributed by atoms with Crippen molar-refractivity contribution < 1.29 is 0 Å². The van der Waals surface area contributed by atoms with Crippen molar-refractivity contribution in [1.29, 1.82) is 0 Å². The van der Waals surface area contributed by atoms with Gasteiger partial charge in [0.15, 0.2) is 5.82 Å². The van der Waals surface area contributed by atoms with Gasteiger partial charge in [0.05, 0.1) is 0 Å². The van der Waals surface area contributed by atoms with Crippen molar-refractivity contribution >= 4 is 11.8 Å². The van der Waals surface area contributed by atoms with Crippen molar-refractivity contribution in [3.8, 4) is 0 Å². The van der Waals surface area contributed by atoms with Gasteiger partial charge in [0, 0.05) is 18.2 Å². The molecule has 0 bridgehead atoms. The highest BCUT2D eigenvalue weighted by Gasteiger charge is 2.19. The fourth-order valence-corrected chi connectivity index (χ4v) is 2.23. The highest BCUT2D eigenvalue weighted by atomic mass is 32.2. The lowest BCUT2D eigenvalue weighted by Gasteiger charge is -2.22. The van der Waals surface area contributed by atoms with Gasteiger partial charge >= 0.3 is 0 Å². The number of nitrogens with one attached hydrogen (secondary N) is 1. The van der Waals surface area contributed by atoms with Crippen molar-refractivity contribution in [2.24, 2.45) is 0 Å².